The van der Waals surface area contributed by atoms with Crippen LogP contribution < -0.4 is 15.8 Å². The van der Waals surface area contributed by atoms with E-state index in [1.165, 1.54) is 6.07 Å². The molecular weight excluding hydrogens is 344 g/mol. The van der Waals surface area contributed by atoms with Crippen LogP contribution in [-0.2, 0) is 9.53 Å². The number of nitrogens with two attached hydrogens (primary N) is 1. The Bertz CT molecular complexity index is 924. The number of para-hydroxylation sites is 1. The Morgan fingerprint density at radius 3 is 2.26 bits per heavy atom. The first kappa shape index (κ1) is 18.0. The van der Waals surface area contributed by atoms with E-state index >= 15 is 0 Å². The summed E-state index contributed by atoms with van der Waals surface area (Å²) in [5, 5.41) is 2.65. The van der Waals surface area contributed by atoms with Gasteiger partial charge in [0.1, 0.15) is 11.5 Å². The van der Waals surface area contributed by atoms with E-state index in [0.717, 1.165) is 5.75 Å². The molecule has 6 nitrogen and oxygen atoms in total. The Balaban J connectivity index is 1.50. The maximum absolute atomic E-state index is 11.9. The standard InChI is InChI=1S/C21H18N2O4/c22-16-6-4-5-15(13-16)21(25)26-14-20(24)23-17-9-11-19(12-10-17)27-18-7-2-1-3-8-18/h1-13H,14,22H2,(H,23,24). The van der Waals surface area contributed by atoms with Gasteiger partial charge in [0, 0.05) is 11.4 Å². The average Bonchev–Trinajstić information content (AvgIpc) is 2.68. The SMILES string of the molecule is Nc1cccc(C(=O)OCC(=O)Nc2ccc(Oc3ccccc3)cc2)c1. The molecule has 0 saturated carbocycles. The molecule has 0 aliphatic rings. The van der Waals surface area contributed by atoms with Crippen molar-refractivity contribution in [1.82, 2.24) is 0 Å². The maximum atomic E-state index is 11.9. The molecule has 0 aliphatic heterocycles. The average molecular weight is 362 g/mol. The first-order chi connectivity index (χ1) is 13.1. The van der Waals surface area contributed by atoms with Gasteiger partial charge >= 0.3 is 5.97 Å². The summed E-state index contributed by atoms with van der Waals surface area (Å²) in [7, 11) is 0. The number of nitrogen functional groups attached to an aromatic ring is 1. The first-order valence-electron chi connectivity index (χ1n) is 8.25. The fourth-order valence-corrected chi connectivity index (χ4v) is 2.31. The third-order valence-corrected chi connectivity index (χ3v) is 3.57. The second-order valence-corrected chi connectivity index (χ2v) is 5.69. The first-order valence-corrected chi connectivity index (χ1v) is 8.25. The van der Waals surface area contributed by atoms with E-state index < -0.39 is 18.5 Å². The summed E-state index contributed by atoms with van der Waals surface area (Å²) in [4.78, 5) is 23.8. The Kier molecular flexibility index (Phi) is 5.69. The molecule has 6 heteroatoms. The lowest BCUT2D eigenvalue weighted by molar-refractivity contribution is -0.119. The van der Waals surface area contributed by atoms with Crippen LogP contribution in [-0.4, -0.2) is 18.5 Å². The van der Waals surface area contributed by atoms with Crippen molar-refractivity contribution in [3.63, 3.8) is 0 Å². The zero-order valence-corrected chi connectivity index (χ0v) is 14.4. The second-order valence-electron chi connectivity index (χ2n) is 5.69. The van der Waals surface area contributed by atoms with E-state index in [0.29, 0.717) is 22.7 Å². The molecule has 3 aromatic carbocycles. The highest BCUT2D eigenvalue weighted by atomic mass is 16.5. The third kappa shape index (κ3) is 5.34. The molecule has 0 aliphatic carbocycles. The number of carbonyl (C=O) groups is 2. The van der Waals surface area contributed by atoms with Gasteiger partial charge in [-0.05, 0) is 54.6 Å². The van der Waals surface area contributed by atoms with Crippen molar-refractivity contribution >= 4 is 23.3 Å². The molecule has 3 aromatic rings. The number of hydrogen-bond donors (Lipinski definition) is 2. The fourth-order valence-electron chi connectivity index (χ4n) is 2.31. The largest absolute Gasteiger partial charge is 0.457 e. The predicted molar refractivity (Wildman–Crippen MR) is 103 cm³/mol. The summed E-state index contributed by atoms with van der Waals surface area (Å²) >= 11 is 0. The van der Waals surface area contributed by atoms with Crippen LogP contribution in [0, 0.1) is 0 Å². The predicted octanol–water partition coefficient (Wildman–Crippen LogP) is 3.86. The smallest absolute Gasteiger partial charge is 0.338 e. The van der Waals surface area contributed by atoms with E-state index in [-0.39, 0.29) is 0 Å². The Morgan fingerprint density at radius 2 is 1.56 bits per heavy atom. The van der Waals surface area contributed by atoms with Gasteiger partial charge in [0.25, 0.3) is 5.91 Å². The number of anilines is 2. The van der Waals surface area contributed by atoms with Crippen LogP contribution >= 0.6 is 0 Å². The van der Waals surface area contributed by atoms with Crippen LogP contribution in [0.15, 0.2) is 78.9 Å². The van der Waals surface area contributed by atoms with Gasteiger partial charge < -0.3 is 20.5 Å². The van der Waals surface area contributed by atoms with Crippen LogP contribution in [0.3, 0.4) is 0 Å². The third-order valence-electron chi connectivity index (χ3n) is 3.57. The summed E-state index contributed by atoms with van der Waals surface area (Å²) in [6.45, 7) is -0.393. The van der Waals surface area contributed by atoms with Gasteiger partial charge in [-0.25, -0.2) is 4.79 Å². The molecular formula is C21H18N2O4. The molecule has 0 atom stereocenters. The minimum atomic E-state index is -0.607. The Morgan fingerprint density at radius 1 is 0.852 bits per heavy atom. The highest BCUT2D eigenvalue weighted by Crippen LogP contribution is 2.22. The van der Waals surface area contributed by atoms with E-state index in [9.17, 15) is 9.59 Å². The molecule has 136 valence electrons. The number of amides is 1. The van der Waals surface area contributed by atoms with Crippen molar-refractivity contribution in [3.05, 3.63) is 84.4 Å². The Labute approximate surface area is 156 Å². The van der Waals surface area contributed by atoms with Gasteiger partial charge in [0.2, 0.25) is 0 Å². The summed E-state index contributed by atoms with van der Waals surface area (Å²) in [5.74, 6) is 0.322. The molecule has 0 bridgehead atoms. The van der Waals surface area contributed by atoms with Crippen LogP contribution in [0.2, 0.25) is 0 Å². The van der Waals surface area contributed by atoms with Crippen molar-refractivity contribution in [2.75, 3.05) is 17.7 Å². The Hall–Kier alpha value is -3.80. The zero-order valence-electron chi connectivity index (χ0n) is 14.4. The quantitative estimate of drug-likeness (QED) is 0.513. The van der Waals surface area contributed by atoms with Gasteiger partial charge in [-0.15, -0.1) is 0 Å². The lowest BCUT2D eigenvalue weighted by Crippen LogP contribution is -2.20. The summed E-state index contributed by atoms with van der Waals surface area (Å²) in [5.41, 5.74) is 6.93. The molecule has 0 unspecified atom stereocenters. The second kappa shape index (κ2) is 8.53. The van der Waals surface area contributed by atoms with E-state index in [4.69, 9.17) is 15.2 Å². The number of benzene rings is 3. The number of ether oxygens (including phenoxy) is 2. The molecule has 0 radical (unpaired) electrons. The highest BCUT2D eigenvalue weighted by Gasteiger charge is 2.10. The molecule has 3 rings (SSSR count). The van der Waals surface area contributed by atoms with Crippen molar-refractivity contribution < 1.29 is 19.1 Å². The van der Waals surface area contributed by atoms with Gasteiger partial charge in [0.05, 0.1) is 5.56 Å². The van der Waals surface area contributed by atoms with Gasteiger partial charge in [-0.3, -0.25) is 4.79 Å². The molecule has 0 saturated heterocycles. The van der Waals surface area contributed by atoms with Crippen LogP contribution in [0.25, 0.3) is 0 Å². The number of carbonyl (C=O) groups excluding carboxylic acids is 2. The van der Waals surface area contributed by atoms with Crippen LogP contribution in [0.1, 0.15) is 10.4 Å². The highest BCUT2D eigenvalue weighted by molar-refractivity contribution is 5.95. The number of rotatable bonds is 6. The molecule has 0 spiro atoms. The molecule has 3 N–H and O–H groups in total. The molecule has 1 amide bonds. The minimum absolute atomic E-state index is 0.296. The maximum Gasteiger partial charge on any atom is 0.338 e. The lowest BCUT2D eigenvalue weighted by Gasteiger charge is -2.09. The monoisotopic (exact) mass is 362 g/mol. The normalized spacial score (nSPS) is 10.1. The number of hydrogen-bond acceptors (Lipinski definition) is 5. The fraction of sp³-hybridized carbons (Fsp3) is 0.0476. The topological polar surface area (TPSA) is 90.7 Å². The van der Waals surface area contributed by atoms with Gasteiger partial charge in [-0.2, -0.15) is 0 Å². The summed E-state index contributed by atoms with van der Waals surface area (Å²) in [6.07, 6.45) is 0. The van der Waals surface area contributed by atoms with Crippen molar-refractivity contribution in [3.8, 4) is 11.5 Å². The van der Waals surface area contributed by atoms with Crippen LogP contribution in [0.4, 0.5) is 11.4 Å². The van der Waals surface area contributed by atoms with E-state index in [1.807, 2.05) is 30.3 Å². The molecule has 0 heterocycles. The molecule has 0 aromatic heterocycles. The van der Waals surface area contributed by atoms with E-state index in [2.05, 4.69) is 5.32 Å². The number of nitrogens with one attached hydrogen (secondary N) is 1. The molecule has 27 heavy (non-hydrogen) atoms. The van der Waals surface area contributed by atoms with Crippen molar-refractivity contribution in [2.24, 2.45) is 0 Å². The van der Waals surface area contributed by atoms with Gasteiger partial charge in [0.15, 0.2) is 6.61 Å². The minimum Gasteiger partial charge on any atom is -0.457 e. The number of esters is 1. The lowest BCUT2D eigenvalue weighted by atomic mass is 10.2. The van der Waals surface area contributed by atoms with Gasteiger partial charge in [-0.1, -0.05) is 24.3 Å². The summed E-state index contributed by atoms with van der Waals surface area (Å²) in [6, 6.07) is 22.6. The molecule has 0 fully saturated rings. The van der Waals surface area contributed by atoms with E-state index in [1.54, 1.807) is 42.5 Å². The van der Waals surface area contributed by atoms with Crippen LogP contribution in [0.5, 0.6) is 11.5 Å². The zero-order chi connectivity index (χ0) is 19.1. The van der Waals surface area contributed by atoms with Crippen molar-refractivity contribution in [2.45, 2.75) is 0 Å². The van der Waals surface area contributed by atoms with Crippen molar-refractivity contribution in [1.29, 1.82) is 0 Å². The summed E-state index contributed by atoms with van der Waals surface area (Å²) < 4.78 is 10.7.